The van der Waals surface area contributed by atoms with Gasteiger partial charge in [0.05, 0.1) is 11.6 Å². The SMILES string of the molecule is c1ccc2c(NC[C@@H]3CCCO3)nc(-c3ccsc3)nc2c1. The van der Waals surface area contributed by atoms with Gasteiger partial charge in [-0.1, -0.05) is 12.1 Å². The molecule has 1 saturated heterocycles. The van der Waals surface area contributed by atoms with Crippen LogP contribution in [0.15, 0.2) is 41.1 Å². The van der Waals surface area contributed by atoms with Crippen LogP contribution in [-0.2, 0) is 4.74 Å². The zero-order valence-corrected chi connectivity index (χ0v) is 13.0. The fraction of sp³-hybridized carbons (Fsp3) is 0.294. The molecular weight excluding hydrogens is 294 g/mol. The number of hydrogen-bond acceptors (Lipinski definition) is 5. The van der Waals surface area contributed by atoms with Gasteiger partial charge in [-0.3, -0.25) is 0 Å². The molecule has 1 N–H and O–H groups in total. The van der Waals surface area contributed by atoms with Gasteiger partial charge in [0.1, 0.15) is 5.82 Å². The molecule has 0 bridgehead atoms. The van der Waals surface area contributed by atoms with Crippen molar-refractivity contribution in [1.82, 2.24) is 9.97 Å². The molecule has 3 heterocycles. The lowest BCUT2D eigenvalue weighted by Crippen LogP contribution is -2.19. The van der Waals surface area contributed by atoms with E-state index in [0.29, 0.717) is 6.10 Å². The Kier molecular flexibility index (Phi) is 3.74. The smallest absolute Gasteiger partial charge is 0.162 e. The Morgan fingerprint density at radius 1 is 1.23 bits per heavy atom. The van der Waals surface area contributed by atoms with Gasteiger partial charge in [0.25, 0.3) is 0 Å². The summed E-state index contributed by atoms with van der Waals surface area (Å²) in [6, 6.07) is 10.2. The van der Waals surface area contributed by atoms with Crippen molar-refractivity contribution < 1.29 is 4.74 Å². The number of thiophene rings is 1. The Morgan fingerprint density at radius 2 is 2.18 bits per heavy atom. The van der Waals surface area contributed by atoms with Gasteiger partial charge in [0.15, 0.2) is 5.82 Å². The van der Waals surface area contributed by atoms with Crippen molar-refractivity contribution in [2.75, 3.05) is 18.5 Å². The third-order valence-electron chi connectivity index (χ3n) is 3.90. The lowest BCUT2D eigenvalue weighted by molar-refractivity contribution is 0.120. The van der Waals surface area contributed by atoms with Crippen LogP contribution >= 0.6 is 11.3 Å². The monoisotopic (exact) mass is 311 g/mol. The molecule has 1 fully saturated rings. The highest BCUT2D eigenvalue weighted by molar-refractivity contribution is 7.08. The zero-order valence-electron chi connectivity index (χ0n) is 12.2. The highest BCUT2D eigenvalue weighted by Crippen LogP contribution is 2.26. The molecule has 1 atom stereocenters. The first-order valence-electron chi connectivity index (χ1n) is 7.55. The maximum absolute atomic E-state index is 5.68. The van der Waals surface area contributed by atoms with Crippen molar-refractivity contribution >= 4 is 28.1 Å². The molecule has 0 spiro atoms. The van der Waals surface area contributed by atoms with Gasteiger partial charge in [-0.15, -0.1) is 0 Å². The summed E-state index contributed by atoms with van der Waals surface area (Å²) in [6.45, 7) is 1.67. The van der Waals surface area contributed by atoms with E-state index in [9.17, 15) is 0 Å². The van der Waals surface area contributed by atoms with E-state index in [1.165, 1.54) is 0 Å². The Labute approximate surface area is 133 Å². The Morgan fingerprint density at radius 3 is 3.00 bits per heavy atom. The van der Waals surface area contributed by atoms with E-state index in [4.69, 9.17) is 9.72 Å². The third kappa shape index (κ3) is 2.69. The number of rotatable bonds is 4. The van der Waals surface area contributed by atoms with E-state index in [-0.39, 0.29) is 0 Å². The molecule has 5 heteroatoms. The fourth-order valence-corrected chi connectivity index (χ4v) is 3.38. The number of nitrogens with one attached hydrogen (secondary N) is 1. The molecule has 22 heavy (non-hydrogen) atoms. The molecule has 1 aromatic carbocycles. The standard InChI is InChI=1S/C17H17N3OS/c1-2-6-15-14(5-1)17(18-10-13-4-3-8-21-13)20-16(19-15)12-7-9-22-11-12/h1-2,5-7,9,11,13H,3-4,8,10H2,(H,18,19,20)/t13-/m0/s1. The number of fused-ring (bicyclic) bond motifs is 1. The minimum Gasteiger partial charge on any atom is -0.376 e. The van der Waals surface area contributed by atoms with E-state index in [2.05, 4.69) is 27.8 Å². The molecule has 112 valence electrons. The lowest BCUT2D eigenvalue weighted by Gasteiger charge is -2.13. The number of hydrogen-bond donors (Lipinski definition) is 1. The molecule has 2 aromatic heterocycles. The molecule has 3 aromatic rings. The summed E-state index contributed by atoms with van der Waals surface area (Å²) in [5.74, 6) is 1.66. The Hall–Kier alpha value is -1.98. The summed E-state index contributed by atoms with van der Waals surface area (Å²) < 4.78 is 5.68. The fourth-order valence-electron chi connectivity index (χ4n) is 2.75. The molecule has 1 aliphatic heterocycles. The van der Waals surface area contributed by atoms with Gasteiger partial charge in [-0.25, -0.2) is 9.97 Å². The first-order chi connectivity index (χ1) is 10.9. The van der Waals surface area contributed by atoms with Crippen molar-refractivity contribution in [2.45, 2.75) is 18.9 Å². The van der Waals surface area contributed by atoms with Crippen LogP contribution in [0.3, 0.4) is 0 Å². The van der Waals surface area contributed by atoms with Gasteiger partial charge in [-0.2, -0.15) is 11.3 Å². The second-order valence-corrected chi connectivity index (χ2v) is 6.22. The second-order valence-electron chi connectivity index (χ2n) is 5.44. The van der Waals surface area contributed by atoms with Gasteiger partial charge >= 0.3 is 0 Å². The number of ether oxygens (including phenoxy) is 1. The number of benzene rings is 1. The van der Waals surface area contributed by atoms with E-state index in [1.54, 1.807) is 11.3 Å². The molecule has 0 saturated carbocycles. The molecule has 0 radical (unpaired) electrons. The Bertz CT molecular complexity index is 767. The molecule has 0 aliphatic carbocycles. The van der Waals surface area contributed by atoms with Crippen molar-refractivity contribution in [2.24, 2.45) is 0 Å². The highest BCUT2D eigenvalue weighted by atomic mass is 32.1. The quantitative estimate of drug-likeness (QED) is 0.792. The normalized spacial score (nSPS) is 17.9. The Balaban J connectivity index is 1.70. The topological polar surface area (TPSA) is 47.0 Å². The summed E-state index contributed by atoms with van der Waals surface area (Å²) in [6.07, 6.45) is 2.56. The van der Waals surface area contributed by atoms with Crippen LogP contribution in [0, 0.1) is 0 Å². The largest absolute Gasteiger partial charge is 0.376 e. The van der Waals surface area contributed by atoms with E-state index < -0.39 is 0 Å². The first kappa shape index (κ1) is 13.7. The summed E-state index contributed by atoms with van der Waals surface area (Å²) in [4.78, 5) is 9.42. The van der Waals surface area contributed by atoms with Crippen LogP contribution in [0.1, 0.15) is 12.8 Å². The highest BCUT2D eigenvalue weighted by Gasteiger charge is 2.16. The van der Waals surface area contributed by atoms with E-state index >= 15 is 0 Å². The van der Waals surface area contributed by atoms with Crippen molar-refractivity contribution in [3.63, 3.8) is 0 Å². The van der Waals surface area contributed by atoms with Gasteiger partial charge in [0, 0.05) is 29.5 Å². The molecule has 1 aliphatic rings. The van der Waals surface area contributed by atoms with Crippen LogP contribution < -0.4 is 5.32 Å². The van der Waals surface area contributed by atoms with Crippen LogP contribution in [0.4, 0.5) is 5.82 Å². The van der Waals surface area contributed by atoms with Gasteiger partial charge in [0.2, 0.25) is 0 Å². The maximum atomic E-state index is 5.68. The number of anilines is 1. The molecule has 0 unspecified atom stereocenters. The average Bonchev–Trinajstić information content (AvgIpc) is 3.25. The predicted molar refractivity (Wildman–Crippen MR) is 90.3 cm³/mol. The van der Waals surface area contributed by atoms with Crippen molar-refractivity contribution in [3.8, 4) is 11.4 Å². The number of nitrogens with zero attached hydrogens (tertiary/aromatic N) is 2. The van der Waals surface area contributed by atoms with E-state index in [0.717, 1.165) is 54.1 Å². The summed E-state index contributed by atoms with van der Waals surface area (Å²) in [5.41, 5.74) is 2.03. The average molecular weight is 311 g/mol. The van der Waals surface area contributed by atoms with Crippen LogP contribution in [0.2, 0.25) is 0 Å². The lowest BCUT2D eigenvalue weighted by atomic mass is 10.2. The van der Waals surface area contributed by atoms with Crippen molar-refractivity contribution in [3.05, 3.63) is 41.1 Å². The molecular formula is C17H17N3OS. The first-order valence-corrected chi connectivity index (χ1v) is 8.49. The summed E-state index contributed by atoms with van der Waals surface area (Å²) in [5, 5.41) is 8.64. The molecule has 4 nitrogen and oxygen atoms in total. The molecule has 0 amide bonds. The summed E-state index contributed by atoms with van der Waals surface area (Å²) >= 11 is 1.66. The predicted octanol–water partition coefficient (Wildman–Crippen LogP) is 3.95. The second kappa shape index (κ2) is 6.02. The number of aromatic nitrogens is 2. The third-order valence-corrected chi connectivity index (χ3v) is 4.59. The zero-order chi connectivity index (χ0) is 14.8. The maximum Gasteiger partial charge on any atom is 0.162 e. The van der Waals surface area contributed by atoms with Gasteiger partial charge in [-0.05, 0) is 36.4 Å². The van der Waals surface area contributed by atoms with Crippen LogP contribution in [0.25, 0.3) is 22.3 Å². The van der Waals surface area contributed by atoms with Crippen LogP contribution in [-0.4, -0.2) is 29.2 Å². The van der Waals surface area contributed by atoms with Crippen LogP contribution in [0.5, 0.6) is 0 Å². The minimum atomic E-state index is 0.290. The summed E-state index contributed by atoms with van der Waals surface area (Å²) in [7, 11) is 0. The van der Waals surface area contributed by atoms with Crippen molar-refractivity contribution in [1.29, 1.82) is 0 Å². The molecule has 4 rings (SSSR count). The van der Waals surface area contributed by atoms with Gasteiger partial charge < -0.3 is 10.1 Å². The van der Waals surface area contributed by atoms with E-state index in [1.807, 2.05) is 23.6 Å². The number of para-hydroxylation sites is 1. The minimum absolute atomic E-state index is 0.290.